The summed E-state index contributed by atoms with van der Waals surface area (Å²) in [7, 11) is 0. The van der Waals surface area contributed by atoms with Crippen LogP contribution in [0, 0.1) is 17.1 Å². The average molecular weight is 462 g/mol. The quantitative estimate of drug-likeness (QED) is 0.501. The third kappa shape index (κ3) is 5.10. The highest BCUT2D eigenvalue weighted by molar-refractivity contribution is 5.94. The molecule has 34 heavy (non-hydrogen) atoms. The first-order valence-electron chi connectivity index (χ1n) is 11.2. The van der Waals surface area contributed by atoms with Crippen molar-refractivity contribution in [1.82, 2.24) is 20.8 Å². The van der Waals surface area contributed by atoms with Gasteiger partial charge in [0, 0.05) is 40.0 Å². The topological polar surface area (TPSA) is 103 Å². The van der Waals surface area contributed by atoms with E-state index in [4.69, 9.17) is 4.74 Å². The summed E-state index contributed by atoms with van der Waals surface area (Å²) >= 11 is 0. The molecule has 176 valence electrons. The van der Waals surface area contributed by atoms with E-state index in [0.717, 1.165) is 24.5 Å². The van der Waals surface area contributed by atoms with Crippen molar-refractivity contribution in [2.45, 2.75) is 57.7 Å². The van der Waals surface area contributed by atoms with E-state index in [2.05, 4.69) is 54.6 Å². The highest BCUT2D eigenvalue weighted by Crippen LogP contribution is 2.34. The number of hydrogen-bond acceptors (Lipinski definition) is 5. The number of halogens is 1. The smallest absolute Gasteiger partial charge is 0.251 e. The Bertz CT molecular complexity index is 1230. The van der Waals surface area contributed by atoms with Crippen molar-refractivity contribution in [3.05, 3.63) is 65.7 Å². The van der Waals surface area contributed by atoms with Gasteiger partial charge in [-0.15, -0.1) is 0 Å². The van der Waals surface area contributed by atoms with Gasteiger partial charge in [0.25, 0.3) is 5.91 Å². The fourth-order valence-electron chi connectivity index (χ4n) is 4.91. The maximum Gasteiger partial charge on any atom is 0.251 e. The first kappa shape index (κ1) is 23.5. The molecule has 1 fully saturated rings. The number of nitrogens with one attached hydrogen (secondary N) is 3. The van der Waals surface area contributed by atoms with Gasteiger partial charge in [0.15, 0.2) is 11.6 Å². The Kier molecular flexibility index (Phi) is 6.15. The predicted molar refractivity (Wildman–Crippen MR) is 127 cm³/mol. The summed E-state index contributed by atoms with van der Waals surface area (Å²) in [5.41, 5.74) is 1.59. The van der Waals surface area contributed by atoms with E-state index in [-0.39, 0.29) is 45.7 Å². The van der Waals surface area contributed by atoms with Crippen LogP contribution in [0.5, 0.6) is 11.5 Å². The Morgan fingerprint density at radius 2 is 1.91 bits per heavy atom. The molecule has 0 aliphatic carbocycles. The number of H-pyrrole nitrogens is 1. The lowest BCUT2D eigenvalue weighted by Crippen LogP contribution is -2.62. The number of ether oxygens (including phenoxy) is 1. The number of aromatic amines is 1. The van der Waals surface area contributed by atoms with Gasteiger partial charge in [0.1, 0.15) is 17.4 Å². The van der Waals surface area contributed by atoms with E-state index in [9.17, 15) is 14.4 Å². The minimum Gasteiger partial charge on any atom is -0.453 e. The summed E-state index contributed by atoms with van der Waals surface area (Å²) in [5.74, 6) is -0.863. The van der Waals surface area contributed by atoms with Crippen LogP contribution in [0.2, 0.25) is 0 Å². The molecule has 4 rings (SSSR count). The molecule has 1 saturated heterocycles. The van der Waals surface area contributed by atoms with Crippen molar-refractivity contribution in [3.63, 3.8) is 0 Å². The molecule has 0 atom stereocenters. The molecule has 1 aliphatic heterocycles. The number of aromatic nitrogens is 2. The molecule has 0 unspecified atom stereocenters. The lowest BCUT2D eigenvalue weighted by atomic mass is 9.79. The Morgan fingerprint density at radius 1 is 1.18 bits per heavy atom. The van der Waals surface area contributed by atoms with Gasteiger partial charge >= 0.3 is 0 Å². The van der Waals surface area contributed by atoms with E-state index in [1.807, 2.05) is 0 Å². The first-order chi connectivity index (χ1) is 16.1. The monoisotopic (exact) mass is 461 g/mol. The van der Waals surface area contributed by atoms with Gasteiger partial charge in [-0.2, -0.15) is 10.4 Å². The van der Waals surface area contributed by atoms with Crippen molar-refractivity contribution in [3.8, 4) is 28.7 Å². The number of nitriles is 1. The van der Waals surface area contributed by atoms with Crippen LogP contribution < -0.4 is 15.4 Å². The second-order valence-electron chi connectivity index (χ2n) is 10.00. The van der Waals surface area contributed by atoms with Gasteiger partial charge in [-0.25, -0.2) is 4.39 Å². The summed E-state index contributed by atoms with van der Waals surface area (Å²) in [5, 5.41) is 22.9. The third-order valence-electron chi connectivity index (χ3n) is 5.89. The van der Waals surface area contributed by atoms with Crippen molar-refractivity contribution >= 4 is 5.91 Å². The standard InChI is InChI=1S/C26H28FN5O2/c1-25(2)11-18(12-26(3,4)32-25)31-24(33)16-8-9-23(21(27)10-16)34-22-7-5-6-19(20(22)13-28)17-14-29-30-15-17/h5-10,14-15,18,32H,11-12H2,1-4H3,(H,29,30)(H,31,33). The maximum absolute atomic E-state index is 14.9. The summed E-state index contributed by atoms with van der Waals surface area (Å²) in [6.07, 6.45) is 4.81. The number of piperidine rings is 1. The molecule has 7 nitrogen and oxygen atoms in total. The summed E-state index contributed by atoms with van der Waals surface area (Å²) in [6.45, 7) is 8.43. The number of carbonyl (C=O) groups excluding carboxylic acids is 1. The summed E-state index contributed by atoms with van der Waals surface area (Å²) in [4.78, 5) is 12.8. The molecular formula is C26H28FN5O2. The number of rotatable bonds is 5. The van der Waals surface area contributed by atoms with Crippen LogP contribution in [0.3, 0.4) is 0 Å². The van der Waals surface area contributed by atoms with Crippen molar-refractivity contribution in [1.29, 1.82) is 5.26 Å². The highest BCUT2D eigenvalue weighted by Gasteiger charge is 2.38. The molecule has 3 N–H and O–H groups in total. The van der Waals surface area contributed by atoms with Crippen LogP contribution in [0.1, 0.15) is 56.5 Å². The largest absolute Gasteiger partial charge is 0.453 e. The zero-order valence-electron chi connectivity index (χ0n) is 19.7. The average Bonchev–Trinajstić information content (AvgIpc) is 3.27. The third-order valence-corrected chi connectivity index (χ3v) is 5.89. The molecular weight excluding hydrogens is 433 g/mol. The molecule has 0 radical (unpaired) electrons. The van der Waals surface area contributed by atoms with Gasteiger partial charge in [0.2, 0.25) is 0 Å². The zero-order valence-corrected chi connectivity index (χ0v) is 19.7. The van der Waals surface area contributed by atoms with Crippen LogP contribution in [0.25, 0.3) is 11.1 Å². The second kappa shape index (κ2) is 8.92. The summed E-state index contributed by atoms with van der Waals surface area (Å²) < 4.78 is 20.7. The predicted octanol–water partition coefficient (Wildman–Crippen LogP) is 4.92. The van der Waals surface area contributed by atoms with Crippen LogP contribution in [-0.2, 0) is 0 Å². The first-order valence-corrected chi connectivity index (χ1v) is 11.2. The molecule has 2 aromatic carbocycles. The van der Waals surface area contributed by atoms with Gasteiger partial charge in [-0.05, 0) is 64.8 Å². The van der Waals surface area contributed by atoms with E-state index >= 15 is 0 Å². The fraction of sp³-hybridized carbons (Fsp3) is 0.346. The Hall–Kier alpha value is -3.70. The zero-order chi connectivity index (χ0) is 24.5. The molecule has 0 bridgehead atoms. The molecule has 1 aliphatic rings. The number of carbonyl (C=O) groups is 1. The van der Waals surface area contributed by atoms with Gasteiger partial charge in [-0.1, -0.05) is 12.1 Å². The Balaban J connectivity index is 1.52. The number of benzene rings is 2. The number of hydrogen-bond donors (Lipinski definition) is 3. The minimum absolute atomic E-state index is 0.0263. The number of nitrogens with zero attached hydrogens (tertiary/aromatic N) is 2. The molecule has 8 heteroatoms. The van der Waals surface area contributed by atoms with Gasteiger partial charge < -0.3 is 15.4 Å². The number of amides is 1. The van der Waals surface area contributed by atoms with Crippen molar-refractivity contribution < 1.29 is 13.9 Å². The van der Waals surface area contributed by atoms with Gasteiger partial charge in [-0.3, -0.25) is 9.89 Å². The van der Waals surface area contributed by atoms with E-state index < -0.39 is 5.82 Å². The lowest BCUT2D eigenvalue weighted by molar-refractivity contribution is 0.0872. The van der Waals surface area contributed by atoms with E-state index in [1.54, 1.807) is 30.6 Å². The van der Waals surface area contributed by atoms with Crippen molar-refractivity contribution in [2.75, 3.05) is 0 Å². The van der Waals surface area contributed by atoms with E-state index in [0.29, 0.717) is 5.56 Å². The molecule has 1 amide bonds. The van der Waals surface area contributed by atoms with Crippen LogP contribution in [0.15, 0.2) is 48.8 Å². The maximum atomic E-state index is 14.9. The highest BCUT2D eigenvalue weighted by atomic mass is 19.1. The minimum atomic E-state index is -0.684. The van der Waals surface area contributed by atoms with Crippen LogP contribution >= 0.6 is 0 Å². The van der Waals surface area contributed by atoms with Crippen LogP contribution in [0.4, 0.5) is 4.39 Å². The van der Waals surface area contributed by atoms with Crippen molar-refractivity contribution in [2.24, 2.45) is 0 Å². The van der Waals surface area contributed by atoms with E-state index in [1.165, 1.54) is 12.1 Å². The second-order valence-corrected chi connectivity index (χ2v) is 10.00. The molecule has 3 aromatic rings. The fourth-order valence-corrected chi connectivity index (χ4v) is 4.91. The summed E-state index contributed by atoms with van der Waals surface area (Å²) in [6, 6.07) is 11.3. The normalized spacial score (nSPS) is 17.1. The molecule has 2 heterocycles. The van der Waals surface area contributed by atoms with Gasteiger partial charge in [0.05, 0.1) is 6.20 Å². The molecule has 1 aromatic heterocycles. The van der Waals surface area contributed by atoms with Crippen LogP contribution in [-0.4, -0.2) is 33.2 Å². The lowest BCUT2D eigenvalue weighted by Gasteiger charge is -2.46. The Morgan fingerprint density at radius 3 is 2.53 bits per heavy atom. The SMILES string of the molecule is CC1(C)CC(NC(=O)c2ccc(Oc3cccc(-c4cn[nH]c4)c3C#N)c(F)c2)CC(C)(C)N1. The Labute approximate surface area is 198 Å². The molecule has 0 spiro atoms. The molecule has 0 saturated carbocycles.